The number of aliphatic imine (C=N–C) groups is 1. The van der Waals surface area contributed by atoms with Gasteiger partial charge in [0.1, 0.15) is 17.5 Å². The minimum Gasteiger partial charge on any atom is -0.485 e. The summed E-state index contributed by atoms with van der Waals surface area (Å²) >= 11 is 0. The van der Waals surface area contributed by atoms with Gasteiger partial charge in [0.05, 0.1) is 24.2 Å². The van der Waals surface area contributed by atoms with E-state index in [2.05, 4.69) is 26.7 Å². The monoisotopic (exact) mass is 376 g/mol. The van der Waals surface area contributed by atoms with Crippen molar-refractivity contribution in [3.63, 3.8) is 0 Å². The van der Waals surface area contributed by atoms with Crippen molar-refractivity contribution in [3.05, 3.63) is 59.4 Å². The zero-order chi connectivity index (χ0) is 20.1. The van der Waals surface area contributed by atoms with Crippen LogP contribution in [-0.4, -0.2) is 27.8 Å². The highest BCUT2D eigenvalue weighted by atomic mass is 16.5. The van der Waals surface area contributed by atoms with E-state index in [4.69, 9.17) is 10.00 Å². The Kier molecular flexibility index (Phi) is 5.44. The van der Waals surface area contributed by atoms with Crippen molar-refractivity contribution in [3.8, 4) is 18.0 Å². The third-order valence-corrected chi connectivity index (χ3v) is 4.51. The van der Waals surface area contributed by atoms with Gasteiger partial charge in [0.2, 0.25) is 5.96 Å². The largest absolute Gasteiger partial charge is 0.485 e. The number of rotatable bonds is 3. The molecule has 0 aliphatic carbocycles. The average molecular weight is 376 g/mol. The van der Waals surface area contributed by atoms with Crippen LogP contribution in [0, 0.1) is 22.8 Å². The molecule has 1 aromatic heterocycles. The van der Waals surface area contributed by atoms with Crippen LogP contribution in [-0.2, 0) is 6.54 Å². The van der Waals surface area contributed by atoms with Crippen LogP contribution in [0.1, 0.15) is 36.6 Å². The number of guanidine groups is 1. The van der Waals surface area contributed by atoms with Gasteiger partial charge in [0.25, 0.3) is 0 Å². The van der Waals surface area contributed by atoms with Gasteiger partial charge in [0, 0.05) is 18.0 Å². The molecule has 28 heavy (non-hydrogen) atoms. The molecule has 1 aromatic carbocycles. The summed E-state index contributed by atoms with van der Waals surface area (Å²) in [5, 5.41) is 34.8. The number of aliphatic hydroxyl groups excluding tert-OH is 1. The van der Waals surface area contributed by atoms with Crippen LogP contribution >= 0.6 is 0 Å². The third kappa shape index (κ3) is 4.03. The van der Waals surface area contributed by atoms with Crippen molar-refractivity contribution >= 4 is 5.96 Å². The number of pyridine rings is 1. The standard InChI is InChI=1S/C20H20N6O2/c1-20(2)18(27)17(15-9-14(10-21)3-4-16(15)28-20)26-19(25-12-22)24-11-13-5-7-23-8-6-13/h3-9,17-18,27H,11H2,1-2H3,(H2,24,25,26)/t17-,18+/m0/s1. The second-order valence-electron chi connectivity index (χ2n) is 6.89. The number of benzene rings is 1. The van der Waals surface area contributed by atoms with E-state index in [1.807, 2.05) is 18.3 Å². The molecule has 3 N–H and O–H groups in total. The molecule has 0 unspecified atom stereocenters. The van der Waals surface area contributed by atoms with Crippen molar-refractivity contribution in [1.29, 1.82) is 10.5 Å². The van der Waals surface area contributed by atoms with Gasteiger partial charge in [-0.3, -0.25) is 10.3 Å². The highest BCUT2D eigenvalue weighted by Crippen LogP contribution is 2.40. The molecule has 1 aliphatic rings. The summed E-state index contributed by atoms with van der Waals surface area (Å²) in [6.07, 6.45) is 4.24. The number of nitriles is 2. The van der Waals surface area contributed by atoms with E-state index in [0.29, 0.717) is 23.4 Å². The van der Waals surface area contributed by atoms with Gasteiger partial charge >= 0.3 is 0 Å². The van der Waals surface area contributed by atoms with E-state index in [1.54, 1.807) is 44.4 Å². The van der Waals surface area contributed by atoms with Crippen LogP contribution in [0.4, 0.5) is 0 Å². The van der Waals surface area contributed by atoms with Crippen LogP contribution < -0.4 is 15.4 Å². The first kappa shape index (κ1) is 19.2. The molecule has 2 atom stereocenters. The van der Waals surface area contributed by atoms with Gasteiger partial charge in [-0.2, -0.15) is 10.5 Å². The topological polar surface area (TPSA) is 126 Å². The lowest BCUT2D eigenvalue weighted by atomic mass is 9.86. The Bertz CT molecular complexity index is 959. The highest BCUT2D eigenvalue weighted by Gasteiger charge is 2.43. The van der Waals surface area contributed by atoms with Crippen LogP contribution in [0.25, 0.3) is 0 Å². The maximum atomic E-state index is 10.9. The molecule has 0 amide bonds. The Morgan fingerprint density at radius 3 is 2.71 bits per heavy atom. The fourth-order valence-electron chi connectivity index (χ4n) is 3.01. The van der Waals surface area contributed by atoms with E-state index in [0.717, 1.165) is 5.56 Å². The molecule has 0 fully saturated rings. The van der Waals surface area contributed by atoms with Gasteiger partial charge in [-0.15, -0.1) is 0 Å². The fraction of sp³-hybridized carbons (Fsp3) is 0.300. The summed E-state index contributed by atoms with van der Waals surface area (Å²) < 4.78 is 5.90. The number of nitrogens with one attached hydrogen (secondary N) is 2. The second-order valence-corrected chi connectivity index (χ2v) is 6.89. The molecule has 2 aromatic rings. The van der Waals surface area contributed by atoms with E-state index in [1.165, 1.54) is 0 Å². The maximum absolute atomic E-state index is 10.9. The number of aromatic nitrogens is 1. The molecular weight excluding hydrogens is 356 g/mol. The molecule has 0 bridgehead atoms. The van der Waals surface area contributed by atoms with Crippen molar-refractivity contribution in [2.75, 3.05) is 0 Å². The van der Waals surface area contributed by atoms with Crippen LogP contribution in [0.15, 0.2) is 47.7 Å². The zero-order valence-electron chi connectivity index (χ0n) is 15.5. The van der Waals surface area contributed by atoms with E-state index in [9.17, 15) is 10.4 Å². The Morgan fingerprint density at radius 2 is 2.04 bits per heavy atom. The number of ether oxygens (including phenoxy) is 1. The number of hydrogen-bond donors (Lipinski definition) is 3. The first-order valence-corrected chi connectivity index (χ1v) is 8.70. The highest BCUT2D eigenvalue weighted by molar-refractivity contribution is 5.82. The fourth-order valence-corrected chi connectivity index (χ4v) is 3.01. The molecule has 8 heteroatoms. The van der Waals surface area contributed by atoms with E-state index >= 15 is 0 Å². The van der Waals surface area contributed by atoms with Crippen molar-refractivity contribution in [2.24, 2.45) is 4.99 Å². The number of fused-ring (bicyclic) bond motifs is 1. The molecule has 0 radical (unpaired) electrons. The lowest BCUT2D eigenvalue weighted by molar-refractivity contribution is -0.0611. The predicted octanol–water partition coefficient (Wildman–Crippen LogP) is 1.74. The molecule has 142 valence electrons. The molecule has 1 aliphatic heterocycles. The Balaban J connectivity index is 1.93. The lowest BCUT2D eigenvalue weighted by Crippen LogP contribution is -2.54. The van der Waals surface area contributed by atoms with Gasteiger partial charge in [-0.05, 0) is 49.7 Å². The third-order valence-electron chi connectivity index (χ3n) is 4.51. The summed E-state index contributed by atoms with van der Waals surface area (Å²) in [7, 11) is 0. The Labute approximate surface area is 163 Å². The summed E-state index contributed by atoms with van der Waals surface area (Å²) in [5.41, 5.74) is 1.13. The number of hydrogen-bond acceptors (Lipinski definition) is 6. The summed E-state index contributed by atoms with van der Waals surface area (Å²) in [4.78, 5) is 8.37. The second kappa shape index (κ2) is 7.95. The molecule has 0 spiro atoms. The number of nitrogens with zero attached hydrogens (tertiary/aromatic N) is 4. The summed E-state index contributed by atoms with van der Waals surface area (Å²) in [6.45, 7) is 3.88. The van der Waals surface area contributed by atoms with Crippen molar-refractivity contribution < 1.29 is 9.84 Å². The molecular formula is C20H20N6O2. The molecule has 3 rings (SSSR count). The molecule has 0 saturated heterocycles. The van der Waals surface area contributed by atoms with Gasteiger partial charge in [0.15, 0.2) is 6.19 Å². The maximum Gasteiger partial charge on any atom is 0.205 e. The Morgan fingerprint density at radius 1 is 1.29 bits per heavy atom. The molecule has 0 saturated carbocycles. The quantitative estimate of drug-likeness (QED) is 0.322. The first-order valence-electron chi connectivity index (χ1n) is 8.70. The normalized spacial score (nSPS) is 20.1. The van der Waals surface area contributed by atoms with Gasteiger partial charge < -0.3 is 15.2 Å². The van der Waals surface area contributed by atoms with Crippen LogP contribution in [0.3, 0.4) is 0 Å². The average Bonchev–Trinajstić information content (AvgIpc) is 2.70. The first-order chi connectivity index (χ1) is 13.4. The van der Waals surface area contributed by atoms with Crippen LogP contribution in [0.5, 0.6) is 5.75 Å². The minimum atomic E-state index is -0.944. The SMILES string of the molecule is CC1(C)Oc2ccc(C#N)cc2[C@H](NC(=NCc2ccncc2)NC#N)[C@H]1O. The van der Waals surface area contributed by atoms with E-state index in [-0.39, 0.29) is 5.96 Å². The Hall–Kier alpha value is -3.62. The van der Waals surface area contributed by atoms with E-state index < -0.39 is 17.7 Å². The van der Waals surface area contributed by atoms with Gasteiger partial charge in [-0.1, -0.05) is 0 Å². The summed E-state index contributed by atoms with van der Waals surface area (Å²) in [6, 6.07) is 10.2. The smallest absolute Gasteiger partial charge is 0.205 e. The van der Waals surface area contributed by atoms with Crippen molar-refractivity contribution in [1.82, 2.24) is 15.6 Å². The number of aliphatic hydroxyl groups is 1. The van der Waals surface area contributed by atoms with Crippen LogP contribution in [0.2, 0.25) is 0 Å². The lowest BCUT2D eigenvalue weighted by Gasteiger charge is -2.42. The minimum absolute atomic E-state index is 0.217. The van der Waals surface area contributed by atoms with Crippen molar-refractivity contribution in [2.45, 2.75) is 38.1 Å². The predicted molar refractivity (Wildman–Crippen MR) is 102 cm³/mol. The molecule has 8 nitrogen and oxygen atoms in total. The summed E-state index contributed by atoms with van der Waals surface area (Å²) in [5.74, 6) is 0.784. The molecule has 2 heterocycles. The zero-order valence-corrected chi connectivity index (χ0v) is 15.5. The van der Waals surface area contributed by atoms with Gasteiger partial charge in [-0.25, -0.2) is 4.99 Å².